The molecule has 0 saturated carbocycles. The van der Waals surface area contributed by atoms with Crippen LogP contribution in [0.5, 0.6) is 0 Å². The van der Waals surface area contributed by atoms with Gasteiger partial charge in [-0.05, 0) is 24.3 Å². The largest absolute Gasteiger partial charge is 0.356 e. The Bertz CT molecular complexity index is 885. The first kappa shape index (κ1) is 17.8. The first-order valence-electron chi connectivity index (χ1n) is 8.24. The predicted molar refractivity (Wildman–Crippen MR) is 102 cm³/mol. The highest BCUT2D eigenvalue weighted by Gasteiger charge is 2.14. The lowest BCUT2D eigenvalue weighted by molar-refractivity contribution is -0.120. The third-order valence-corrected chi connectivity index (χ3v) is 4.81. The van der Waals surface area contributed by atoms with Gasteiger partial charge in [0.15, 0.2) is 0 Å². The SMILES string of the molecule is CCC(=O)NCCc1nc2ccccc2n1Cc1c(Cl)cccc1Cl. The van der Waals surface area contributed by atoms with E-state index in [-0.39, 0.29) is 5.91 Å². The molecule has 1 heterocycles. The maximum atomic E-state index is 11.5. The van der Waals surface area contributed by atoms with Crippen molar-refractivity contribution in [2.24, 2.45) is 0 Å². The number of halogens is 2. The molecule has 0 spiro atoms. The van der Waals surface area contributed by atoms with Gasteiger partial charge in [0.25, 0.3) is 0 Å². The van der Waals surface area contributed by atoms with Gasteiger partial charge < -0.3 is 9.88 Å². The standard InChI is InChI=1S/C19H19Cl2N3O/c1-2-19(25)22-11-10-18-23-16-8-3-4-9-17(16)24(18)12-13-14(20)6-5-7-15(13)21/h3-9H,2,10-12H2,1H3,(H,22,25). The molecule has 0 unspecified atom stereocenters. The van der Waals surface area contributed by atoms with Crippen molar-refractivity contribution >= 4 is 40.1 Å². The van der Waals surface area contributed by atoms with Crippen molar-refractivity contribution in [1.82, 2.24) is 14.9 Å². The Hall–Kier alpha value is -2.04. The number of para-hydroxylation sites is 2. The molecule has 1 amide bonds. The van der Waals surface area contributed by atoms with Gasteiger partial charge in [-0.2, -0.15) is 0 Å². The second kappa shape index (κ2) is 7.89. The summed E-state index contributed by atoms with van der Waals surface area (Å²) in [5.41, 5.74) is 2.81. The second-order valence-corrected chi connectivity index (χ2v) is 6.57. The molecular weight excluding hydrogens is 357 g/mol. The summed E-state index contributed by atoms with van der Waals surface area (Å²) in [7, 11) is 0. The fraction of sp³-hybridized carbons (Fsp3) is 0.263. The minimum absolute atomic E-state index is 0.0387. The van der Waals surface area contributed by atoms with Gasteiger partial charge in [0.1, 0.15) is 5.82 Å². The third-order valence-electron chi connectivity index (χ3n) is 4.10. The molecule has 130 valence electrons. The Labute approximate surface area is 156 Å². The van der Waals surface area contributed by atoms with E-state index < -0.39 is 0 Å². The molecular formula is C19H19Cl2N3O. The average molecular weight is 376 g/mol. The summed E-state index contributed by atoms with van der Waals surface area (Å²) >= 11 is 12.7. The Morgan fingerprint density at radius 1 is 1.12 bits per heavy atom. The molecule has 0 aliphatic heterocycles. The minimum atomic E-state index is 0.0387. The van der Waals surface area contributed by atoms with Crippen LogP contribution in [0.25, 0.3) is 11.0 Å². The Balaban J connectivity index is 1.94. The van der Waals surface area contributed by atoms with Crippen LogP contribution in [0, 0.1) is 0 Å². The molecule has 0 radical (unpaired) electrons. The third kappa shape index (κ3) is 3.97. The number of carbonyl (C=O) groups excluding carboxylic acids is 1. The zero-order chi connectivity index (χ0) is 17.8. The molecule has 0 aliphatic rings. The number of carbonyl (C=O) groups is 1. The number of fused-ring (bicyclic) bond motifs is 1. The van der Waals surface area contributed by atoms with Crippen LogP contribution in [-0.2, 0) is 17.8 Å². The van der Waals surface area contributed by atoms with E-state index in [1.165, 1.54) is 0 Å². The van der Waals surface area contributed by atoms with E-state index in [2.05, 4.69) is 9.88 Å². The van der Waals surface area contributed by atoms with Crippen molar-refractivity contribution < 1.29 is 4.79 Å². The summed E-state index contributed by atoms with van der Waals surface area (Å²) in [6.45, 7) is 2.92. The molecule has 0 aliphatic carbocycles. The van der Waals surface area contributed by atoms with Crippen LogP contribution in [0.15, 0.2) is 42.5 Å². The van der Waals surface area contributed by atoms with Gasteiger partial charge in [0.05, 0.1) is 17.6 Å². The number of rotatable bonds is 6. The highest BCUT2D eigenvalue weighted by Crippen LogP contribution is 2.27. The van der Waals surface area contributed by atoms with Gasteiger partial charge in [-0.3, -0.25) is 4.79 Å². The van der Waals surface area contributed by atoms with Gasteiger partial charge >= 0.3 is 0 Å². The van der Waals surface area contributed by atoms with E-state index in [0.29, 0.717) is 36.0 Å². The Morgan fingerprint density at radius 3 is 2.56 bits per heavy atom. The molecule has 0 bridgehead atoms. The van der Waals surface area contributed by atoms with Crippen LogP contribution >= 0.6 is 23.2 Å². The number of nitrogens with one attached hydrogen (secondary N) is 1. The Kier molecular flexibility index (Phi) is 5.61. The van der Waals surface area contributed by atoms with Crippen LogP contribution < -0.4 is 5.32 Å². The summed E-state index contributed by atoms with van der Waals surface area (Å²) in [6.07, 6.45) is 1.12. The zero-order valence-corrected chi connectivity index (χ0v) is 15.4. The smallest absolute Gasteiger partial charge is 0.219 e. The van der Waals surface area contributed by atoms with E-state index in [1.807, 2.05) is 49.4 Å². The van der Waals surface area contributed by atoms with Crippen LogP contribution in [0.1, 0.15) is 24.7 Å². The fourth-order valence-electron chi connectivity index (χ4n) is 2.77. The van der Waals surface area contributed by atoms with Crippen molar-refractivity contribution in [2.45, 2.75) is 26.3 Å². The lowest BCUT2D eigenvalue weighted by atomic mass is 10.2. The molecule has 0 atom stereocenters. The monoisotopic (exact) mass is 375 g/mol. The molecule has 25 heavy (non-hydrogen) atoms. The number of imidazole rings is 1. The highest BCUT2D eigenvalue weighted by molar-refractivity contribution is 6.36. The van der Waals surface area contributed by atoms with E-state index in [1.54, 1.807) is 0 Å². The minimum Gasteiger partial charge on any atom is -0.356 e. The van der Waals surface area contributed by atoms with Crippen molar-refractivity contribution in [3.8, 4) is 0 Å². The maximum absolute atomic E-state index is 11.5. The topological polar surface area (TPSA) is 46.9 Å². The average Bonchev–Trinajstić information content (AvgIpc) is 2.95. The van der Waals surface area contributed by atoms with Crippen LogP contribution in [0.3, 0.4) is 0 Å². The lowest BCUT2D eigenvalue weighted by Gasteiger charge is -2.12. The molecule has 1 aromatic heterocycles. The second-order valence-electron chi connectivity index (χ2n) is 5.76. The summed E-state index contributed by atoms with van der Waals surface area (Å²) in [6, 6.07) is 13.5. The van der Waals surface area contributed by atoms with Crippen molar-refractivity contribution in [1.29, 1.82) is 0 Å². The molecule has 4 nitrogen and oxygen atoms in total. The van der Waals surface area contributed by atoms with Gasteiger partial charge in [-0.1, -0.05) is 48.3 Å². The normalized spacial score (nSPS) is 11.0. The fourth-order valence-corrected chi connectivity index (χ4v) is 3.29. The van der Waals surface area contributed by atoms with Gasteiger partial charge in [0, 0.05) is 35.0 Å². The van der Waals surface area contributed by atoms with Gasteiger partial charge in [0.2, 0.25) is 5.91 Å². The van der Waals surface area contributed by atoms with Crippen molar-refractivity contribution in [3.05, 3.63) is 63.9 Å². The molecule has 3 aromatic rings. The first-order chi connectivity index (χ1) is 12.1. The van der Waals surface area contributed by atoms with E-state index in [9.17, 15) is 4.79 Å². The number of aromatic nitrogens is 2. The predicted octanol–water partition coefficient (Wildman–Crippen LogP) is 4.46. The number of nitrogens with zero attached hydrogens (tertiary/aromatic N) is 2. The highest BCUT2D eigenvalue weighted by atomic mass is 35.5. The summed E-state index contributed by atoms with van der Waals surface area (Å²) in [4.78, 5) is 16.2. The molecule has 6 heteroatoms. The van der Waals surface area contributed by atoms with E-state index >= 15 is 0 Å². The number of hydrogen-bond acceptors (Lipinski definition) is 2. The molecule has 0 saturated heterocycles. The zero-order valence-electron chi connectivity index (χ0n) is 13.9. The summed E-state index contributed by atoms with van der Waals surface area (Å²) in [5.74, 6) is 0.936. The quantitative estimate of drug-likeness (QED) is 0.691. The Morgan fingerprint density at radius 2 is 1.84 bits per heavy atom. The van der Waals surface area contributed by atoms with Crippen molar-refractivity contribution in [2.75, 3.05) is 6.54 Å². The summed E-state index contributed by atoms with van der Waals surface area (Å²) < 4.78 is 2.11. The van der Waals surface area contributed by atoms with E-state index in [4.69, 9.17) is 28.2 Å². The number of benzene rings is 2. The molecule has 2 aromatic carbocycles. The van der Waals surface area contributed by atoms with Gasteiger partial charge in [-0.25, -0.2) is 4.98 Å². The molecule has 1 N–H and O–H groups in total. The first-order valence-corrected chi connectivity index (χ1v) is 8.99. The molecule has 0 fully saturated rings. The molecule has 3 rings (SSSR count). The number of amides is 1. The van der Waals surface area contributed by atoms with Gasteiger partial charge in [-0.15, -0.1) is 0 Å². The lowest BCUT2D eigenvalue weighted by Crippen LogP contribution is -2.25. The van der Waals surface area contributed by atoms with Crippen LogP contribution in [-0.4, -0.2) is 22.0 Å². The van der Waals surface area contributed by atoms with Crippen LogP contribution in [0.2, 0.25) is 10.0 Å². The number of hydrogen-bond donors (Lipinski definition) is 1. The maximum Gasteiger partial charge on any atom is 0.219 e. The summed E-state index contributed by atoms with van der Waals surface area (Å²) in [5, 5.41) is 4.16. The van der Waals surface area contributed by atoms with E-state index in [0.717, 1.165) is 22.4 Å². The van der Waals surface area contributed by atoms with Crippen LogP contribution in [0.4, 0.5) is 0 Å². The van der Waals surface area contributed by atoms with Crippen molar-refractivity contribution in [3.63, 3.8) is 0 Å².